The summed E-state index contributed by atoms with van der Waals surface area (Å²) in [5.41, 5.74) is 1.51. The van der Waals surface area contributed by atoms with Crippen molar-refractivity contribution in [2.24, 2.45) is 0 Å². The molecule has 110 valence electrons. The molecule has 20 heavy (non-hydrogen) atoms. The van der Waals surface area contributed by atoms with Crippen molar-refractivity contribution in [3.63, 3.8) is 0 Å². The fourth-order valence-electron chi connectivity index (χ4n) is 2.43. The number of hydrogen-bond donors (Lipinski definition) is 1. The number of pyridine rings is 1. The third kappa shape index (κ3) is 3.88. The summed E-state index contributed by atoms with van der Waals surface area (Å²) in [6.45, 7) is 8.99. The van der Waals surface area contributed by atoms with Gasteiger partial charge < -0.3 is 10.2 Å². The highest BCUT2D eigenvalue weighted by Gasteiger charge is 2.27. The molecule has 0 radical (unpaired) electrons. The highest BCUT2D eigenvalue weighted by atomic mass is 32.2. The normalized spacial score (nSPS) is 22.6. The van der Waals surface area contributed by atoms with Gasteiger partial charge in [0, 0.05) is 42.0 Å². The number of carbonyl (C=O) groups is 1. The Morgan fingerprint density at radius 1 is 1.45 bits per heavy atom. The van der Waals surface area contributed by atoms with E-state index in [1.807, 2.05) is 28.8 Å². The van der Waals surface area contributed by atoms with Crippen molar-refractivity contribution in [3.05, 3.63) is 24.0 Å². The third-order valence-corrected chi connectivity index (χ3v) is 4.49. The van der Waals surface area contributed by atoms with Gasteiger partial charge in [-0.15, -0.1) is 0 Å². The van der Waals surface area contributed by atoms with Crippen LogP contribution in [0.5, 0.6) is 0 Å². The topological polar surface area (TPSA) is 45.2 Å². The summed E-state index contributed by atoms with van der Waals surface area (Å²) in [5, 5.41) is 4.28. The minimum Gasteiger partial charge on any atom is -0.385 e. The summed E-state index contributed by atoms with van der Waals surface area (Å²) in [6.07, 6.45) is 2.76. The summed E-state index contributed by atoms with van der Waals surface area (Å²) < 4.78 is 0. The number of anilines is 1. The van der Waals surface area contributed by atoms with Crippen LogP contribution in [0.3, 0.4) is 0 Å². The maximum absolute atomic E-state index is 12.5. The Kier molecular flexibility index (Phi) is 5.29. The highest BCUT2D eigenvalue weighted by molar-refractivity contribution is 8.00. The zero-order valence-corrected chi connectivity index (χ0v) is 13.2. The first-order valence-corrected chi connectivity index (χ1v) is 8.19. The van der Waals surface area contributed by atoms with Gasteiger partial charge in [0.15, 0.2) is 0 Å². The van der Waals surface area contributed by atoms with Crippen LogP contribution < -0.4 is 5.32 Å². The smallest absolute Gasteiger partial charge is 0.272 e. The number of thioether (sulfide) groups is 1. The lowest BCUT2D eigenvalue weighted by Gasteiger charge is -2.34. The second-order valence-corrected chi connectivity index (χ2v) is 7.21. The average Bonchev–Trinajstić information content (AvgIpc) is 2.43. The van der Waals surface area contributed by atoms with E-state index in [0.717, 1.165) is 31.7 Å². The predicted octanol–water partition coefficient (Wildman–Crippen LogP) is 2.87. The Hall–Kier alpha value is -1.23. The van der Waals surface area contributed by atoms with Gasteiger partial charge in [-0.25, -0.2) is 0 Å². The fraction of sp³-hybridized carbons (Fsp3) is 0.600. The van der Waals surface area contributed by atoms with Crippen LogP contribution in [0.2, 0.25) is 0 Å². The minimum absolute atomic E-state index is 0.0455. The molecule has 2 heterocycles. The second kappa shape index (κ2) is 6.97. The molecule has 1 fully saturated rings. The van der Waals surface area contributed by atoms with Gasteiger partial charge in [-0.1, -0.05) is 20.8 Å². The molecule has 1 aromatic rings. The molecule has 1 N–H and O–H groups in total. The first-order chi connectivity index (χ1) is 9.60. The molecule has 0 saturated carbocycles. The summed E-state index contributed by atoms with van der Waals surface area (Å²) in [6, 6.07) is 3.76. The Labute approximate surface area is 125 Å². The van der Waals surface area contributed by atoms with Crippen LogP contribution in [0.25, 0.3) is 0 Å². The largest absolute Gasteiger partial charge is 0.385 e. The Balaban J connectivity index is 2.08. The minimum atomic E-state index is 0.0455. The van der Waals surface area contributed by atoms with Gasteiger partial charge in [0.25, 0.3) is 5.91 Å². The number of carbonyl (C=O) groups excluding carboxylic acids is 1. The van der Waals surface area contributed by atoms with Crippen LogP contribution >= 0.6 is 11.8 Å². The predicted molar refractivity (Wildman–Crippen MR) is 85.4 cm³/mol. The van der Waals surface area contributed by atoms with Crippen molar-refractivity contribution in [2.45, 2.75) is 37.7 Å². The van der Waals surface area contributed by atoms with Gasteiger partial charge >= 0.3 is 0 Å². The molecule has 0 bridgehead atoms. The van der Waals surface area contributed by atoms with Gasteiger partial charge in [0.1, 0.15) is 5.69 Å². The lowest BCUT2D eigenvalue weighted by Crippen LogP contribution is -2.44. The third-order valence-electron chi connectivity index (χ3n) is 3.27. The molecule has 1 saturated heterocycles. The molecular formula is C15H23N3OS. The number of hydrogen-bond acceptors (Lipinski definition) is 4. The first-order valence-electron chi connectivity index (χ1n) is 7.24. The van der Waals surface area contributed by atoms with Crippen LogP contribution in [0, 0.1) is 0 Å². The molecule has 1 aliphatic heterocycles. The fourth-order valence-corrected chi connectivity index (χ4v) is 3.76. The van der Waals surface area contributed by atoms with Gasteiger partial charge in [0.2, 0.25) is 0 Å². The van der Waals surface area contributed by atoms with Crippen LogP contribution in [0.4, 0.5) is 5.69 Å². The Morgan fingerprint density at radius 3 is 2.80 bits per heavy atom. The van der Waals surface area contributed by atoms with Crippen LogP contribution in [-0.2, 0) is 0 Å². The summed E-state index contributed by atoms with van der Waals surface area (Å²) in [4.78, 5) is 18.7. The van der Waals surface area contributed by atoms with Crippen LogP contribution in [0.15, 0.2) is 18.3 Å². The van der Waals surface area contributed by atoms with Gasteiger partial charge in [-0.3, -0.25) is 9.78 Å². The summed E-state index contributed by atoms with van der Waals surface area (Å²) in [7, 11) is 0. The van der Waals surface area contributed by atoms with E-state index in [9.17, 15) is 4.79 Å². The van der Waals surface area contributed by atoms with E-state index in [0.29, 0.717) is 16.2 Å². The van der Waals surface area contributed by atoms with E-state index >= 15 is 0 Å². The molecule has 5 heteroatoms. The quantitative estimate of drug-likeness (QED) is 0.927. The molecule has 0 aromatic carbocycles. The lowest BCUT2D eigenvalue weighted by molar-refractivity contribution is 0.0747. The van der Waals surface area contributed by atoms with E-state index in [1.54, 1.807) is 6.20 Å². The SMILES string of the molecule is CCCNc1ccnc(C(=O)N2CC(C)SC(C)C2)c1. The van der Waals surface area contributed by atoms with Crippen LogP contribution in [0.1, 0.15) is 37.7 Å². The van der Waals surface area contributed by atoms with Crippen molar-refractivity contribution in [2.75, 3.05) is 25.0 Å². The zero-order valence-electron chi connectivity index (χ0n) is 12.4. The molecule has 0 aliphatic carbocycles. The summed E-state index contributed by atoms with van der Waals surface area (Å²) >= 11 is 1.95. The van der Waals surface area contributed by atoms with Crippen molar-refractivity contribution in [3.8, 4) is 0 Å². The number of amides is 1. The lowest BCUT2D eigenvalue weighted by atomic mass is 10.2. The maximum Gasteiger partial charge on any atom is 0.272 e. The standard InChI is InChI=1S/C15H23N3OS/c1-4-6-16-13-5-7-17-14(8-13)15(19)18-9-11(2)20-12(3)10-18/h5,7-8,11-12H,4,6,9-10H2,1-3H3,(H,16,17). The molecule has 1 aromatic heterocycles. The molecule has 2 rings (SSSR count). The van der Waals surface area contributed by atoms with Crippen molar-refractivity contribution >= 4 is 23.4 Å². The van der Waals surface area contributed by atoms with Crippen molar-refractivity contribution < 1.29 is 4.79 Å². The second-order valence-electron chi connectivity index (χ2n) is 5.32. The van der Waals surface area contributed by atoms with Gasteiger partial charge in [-0.2, -0.15) is 11.8 Å². The van der Waals surface area contributed by atoms with Gasteiger partial charge in [-0.05, 0) is 18.6 Å². The first kappa shape index (κ1) is 15.2. The number of nitrogens with zero attached hydrogens (tertiary/aromatic N) is 2. The van der Waals surface area contributed by atoms with Crippen molar-refractivity contribution in [1.82, 2.24) is 9.88 Å². The zero-order chi connectivity index (χ0) is 14.5. The molecule has 4 nitrogen and oxygen atoms in total. The Bertz CT molecular complexity index is 456. The molecule has 2 unspecified atom stereocenters. The van der Waals surface area contributed by atoms with E-state index in [-0.39, 0.29) is 5.91 Å². The van der Waals surface area contributed by atoms with Crippen molar-refractivity contribution in [1.29, 1.82) is 0 Å². The average molecular weight is 293 g/mol. The molecule has 0 spiro atoms. The number of aromatic nitrogens is 1. The Morgan fingerprint density at radius 2 is 2.15 bits per heavy atom. The molecular weight excluding hydrogens is 270 g/mol. The van der Waals surface area contributed by atoms with Gasteiger partial charge in [0.05, 0.1) is 0 Å². The highest BCUT2D eigenvalue weighted by Crippen LogP contribution is 2.25. The van der Waals surface area contributed by atoms with E-state index < -0.39 is 0 Å². The monoisotopic (exact) mass is 293 g/mol. The van der Waals surface area contributed by atoms with E-state index in [2.05, 4.69) is 31.1 Å². The number of nitrogens with one attached hydrogen (secondary N) is 1. The maximum atomic E-state index is 12.5. The van der Waals surface area contributed by atoms with E-state index in [1.165, 1.54) is 0 Å². The summed E-state index contributed by atoms with van der Waals surface area (Å²) in [5.74, 6) is 0.0455. The van der Waals surface area contributed by atoms with E-state index in [4.69, 9.17) is 0 Å². The number of rotatable bonds is 4. The van der Waals surface area contributed by atoms with Crippen LogP contribution in [-0.4, -0.2) is 45.9 Å². The molecule has 2 atom stereocenters. The molecule has 1 amide bonds. The molecule has 1 aliphatic rings.